The summed E-state index contributed by atoms with van der Waals surface area (Å²) in [6.07, 6.45) is -4.54. The van der Waals surface area contributed by atoms with E-state index in [4.69, 9.17) is 9.47 Å². The Morgan fingerprint density at radius 2 is 2.03 bits per heavy atom. The first-order chi connectivity index (χ1) is 14.2. The minimum Gasteiger partial charge on any atom is -0.489 e. The van der Waals surface area contributed by atoms with Gasteiger partial charge in [-0.3, -0.25) is 4.79 Å². The molecule has 1 heterocycles. The first kappa shape index (κ1) is 24.2. The summed E-state index contributed by atoms with van der Waals surface area (Å²) < 4.78 is 50.0. The molecular weight excluding hydrogens is 441 g/mol. The lowest BCUT2D eigenvalue weighted by Gasteiger charge is -2.15. The van der Waals surface area contributed by atoms with Crippen molar-refractivity contribution >= 4 is 39.8 Å². The molecule has 0 radical (unpaired) electrons. The molecule has 1 amide bonds. The molecule has 0 aliphatic carbocycles. The van der Waals surface area contributed by atoms with Gasteiger partial charge in [0.15, 0.2) is 4.34 Å². The van der Waals surface area contributed by atoms with E-state index in [0.717, 1.165) is 30.4 Å². The van der Waals surface area contributed by atoms with E-state index in [2.05, 4.69) is 34.7 Å². The number of thioether (sulfide) groups is 1. The fourth-order valence-corrected chi connectivity index (χ4v) is 3.67. The van der Waals surface area contributed by atoms with Crippen molar-refractivity contribution in [3.05, 3.63) is 23.8 Å². The van der Waals surface area contributed by atoms with Crippen LogP contribution >= 0.6 is 23.1 Å². The van der Waals surface area contributed by atoms with E-state index in [1.807, 2.05) is 0 Å². The highest BCUT2D eigenvalue weighted by Gasteiger charge is 2.31. The number of methoxy groups -OCH3 is 1. The summed E-state index contributed by atoms with van der Waals surface area (Å²) in [4.78, 5) is 12.3. The zero-order chi connectivity index (χ0) is 22.1. The Bertz CT molecular complexity index is 831. The molecule has 7 nitrogen and oxygen atoms in total. The Morgan fingerprint density at radius 3 is 2.70 bits per heavy atom. The number of nitrogens with zero attached hydrogens (tertiary/aromatic N) is 2. The highest BCUT2D eigenvalue weighted by atomic mass is 32.2. The molecule has 0 aliphatic rings. The van der Waals surface area contributed by atoms with Gasteiger partial charge in [0.25, 0.3) is 0 Å². The molecule has 0 spiro atoms. The first-order valence-corrected chi connectivity index (χ1v) is 10.8. The van der Waals surface area contributed by atoms with Crippen LogP contribution in [0.5, 0.6) is 5.75 Å². The predicted octanol–water partition coefficient (Wildman–Crippen LogP) is 4.38. The molecule has 0 bridgehead atoms. The highest BCUT2D eigenvalue weighted by Crippen LogP contribution is 2.35. The molecule has 2 rings (SSSR count). The number of aromatic nitrogens is 2. The molecule has 0 aliphatic heterocycles. The number of carbonyl (C=O) groups excluding carboxylic acids is 1. The second-order valence-electron chi connectivity index (χ2n) is 6.53. The van der Waals surface area contributed by atoms with Gasteiger partial charge >= 0.3 is 6.18 Å². The molecule has 1 aromatic heterocycles. The summed E-state index contributed by atoms with van der Waals surface area (Å²) in [6, 6.07) is 2.93. The van der Waals surface area contributed by atoms with E-state index in [-0.39, 0.29) is 30.4 Å². The zero-order valence-corrected chi connectivity index (χ0v) is 18.3. The third-order valence-electron chi connectivity index (χ3n) is 3.52. The number of alkyl halides is 3. The van der Waals surface area contributed by atoms with Gasteiger partial charge < -0.3 is 20.1 Å². The molecule has 0 unspecified atom stereocenters. The Morgan fingerprint density at radius 1 is 1.27 bits per heavy atom. The predicted molar refractivity (Wildman–Crippen MR) is 111 cm³/mol. The maximum Gasteiger partial charge on any atom is 0.416 e. The van der Waals surface area contributed by atoms with Crippen LogP contribution in [0.15, 0.2) is 22.5 Å². The molecule has 0 saturated carbocycles. The number of nitrogens with one attached hydrogen (secondary N) is 2. The molecule has 0 saturated heterocycles. The summed E-state index contributed by atoms with van der Waals surface area (Å²) in [7, 11) is 1.48. The molecule has 166 valence electrons. The minimum absolute atomic E-state index is 0.0351. The van der Waals surface area contributed by atoms with Gasteiger partial charge in [-0.2, -0.15) is 13.2 Å². The number of hydrogen-bond donors (Lipinski definition) is 2. The lowest BCUT2D eigenvalue weighted by atomic mass is 10.1. The molecule has 30 heavy (non-hydrogen) atoms. The number of halogens is 3. The van der Waals surface area contributed by atoms with Crippen LogP contribution in [-0.2, 0) is 15.7 Å². The van der Waals surface area contributed by atoms with Crippen LogP contribution in [0.3, 0.4) is 0 Å². The van der Waals surface area contributed by atoms with Crippen molar-refractivity contribution in [3.8, 4) is 5.75 Å². The number of amides is 1. The number of ether oxygens (including phenoxy) is 2. The lowest BCUT2D eigenvalue weighted by Crippen LogP contribution is -2.16. The summed E-state index contributed by atoms with van der Waals surface area (Å²) in [5.41, 5.74) is -0.933. The average Bonchev–Trinajstić information content (AvgIpc) is 3.13. The van der Waals surface area contributed by atoms with Crippen molar-refractivity contribution in [1.29, 1.82) is 0 Å². The number of hydrogen-bond acceptors (Lipinski definition) is 8. The van der Waals surface area contributed by atoms with Crippen LogP contribution in [-0.4, -0.2) is 48.7 Å². The van der Waals surface area contributed by atoms with E-state index in [9.17, 15) is 18.0 Å². The molecule has 0 atom stereocenters. The van der Waals surface area contributed by atoms with Crippen LogP contribution in [0.25, 0.3) is 0 Å². The highest BCUT2D eigenvalue weighted by molar-refractivity contribution is 8.01. The summed E-state index contributed by atoms with van der Waals surface area (Å²) in [5, 5.41) is 14.3. The van der Waals surface area contributed by atoms with Gasteiger partial charge in [-0.25, -0.2) is 0 Å². The Kier molecular flexibility index (Phi) is 9.18. The minimum atomic E-state index is -4.54. The monoisotopic (exact) mass is 464 g/mol. The molecule has 0 fully saturated rings. The van der Waals surface area contributed by atoms with E-state index in [1.54, 1.807) is 0 Å². The van der Waals surface area contributed by atoms with E-state index in [0.29, 0.717) is 15.4 Å². The van der Waals surface area contributed by atoms with E-state index < -0.39 is 17.6 Å². The average molecular weight is 465 g/mol. The Hall–Kier alpha value is -2.05. The van der Waals surface area contributed by atoms with Gasteiger partial charge in [0, 0.05) is 13.7 Å². The Balaban J connectivity index is 2.00. The van der Waals surface area contributed by atoms with Crippen molar-refractivity contribution in [1.82, 2.24) is 10.2 Å². The maximum atomic E-state index is 13.0. The summed E-state index contributed by atoms with van der Waals surface area (Å²) >= 11 is 2.46. The van der Waals surface area contributed by atoms with Crippen LogP contribution in [0, 0.1) is 5.92 Å². The second kappa shape index (κ2) is 11.4. The maximum absolute atomic E-state index is 13.0. The summed E-state index contributed by atoms with van der Waals surface area (Å²) in [6.45, 7) is 5.27. The first-order valence-electron chi connectivity index (χ1n) is 9.02. The standard InChI is InChI=1S/C18H23F3N4O3S2/c1-11(2)9-22-16-24-25-17(30-16)29-10-15(26)23-13-8-12(18(19,20)21)4-5-14(13)28-7-6-27-3/h4-5,8,11H,6-7,9-10H2,1-3H3,(H,22,24)(H,23,26). The van der Waals surface area contributed by atoms with Gasteiger partial charge in [-0.1, -0.05) is 36.9 Å². The molecular formula is C18H23F3N4O3S2. The van der Waals surface area contributed by atoms with Gasteiger partial charge in [0.1, 0.15) is 12.4 Å². The fourth-order valence-electron chi connectivity index (χ4n) is 2.11. The number of anilines is 2. The molecule has 12 heteroatoms. The zero-order valence-electron chi connectivity index (χ0n) is 16.7. The van der Waals surface area contributed by atoms with Crippen molar-refractivity contribution < 1.29 is 27.4 Å². The van der Waals surface area contributed by atoms with Gasteiger partial charge in [0.05, 0.1) is 23.6 Å². The van der Waals surface area contributed by atoms with Crippen molar-refractivity contribution in [2.45, 2.75) is 24.4 Å². The van der Waals surface area contributed by atoms with Gasteiger partial charge in [-0.05, 0) is 24.1 Å². The van der Waals surface area contributed by atoms with Crippen molar-refractivity contribution in [2.24, 2.45) is 5.92 Å². The fraction of sp³-hybridized carbons (Fsp3) is 0.500. The smallest absolute Gasteiger partial charge is 0.416 e. The summed E-state index contributed by atoms with van der Waals surface area (Å²) in [5.74, 6) is 0.0629. The van der Waals surface area contributed by atoms with Crippen molar-refractivity contribution in [3.63, 3.8) is 0 Å². The topological polar surface area (TPSA) is 85.4 Å². The molecule has 2 aromatic rings. The quantitative estimate of drug-likeness (QED) is 0.377. The van der Waals surface area contributed by atoms with Gasteiger partial charge in [-0.15, -0.1) is 10.2 Å². The van der Waals surface area contributed by atoms with Gasteiger partial charge in [0.2, 0.25) is 11.0 Å². The van der Waals surface area contributed by atoms with E-state index in [1.165, 1.54) is 24.5 Å². The largest absolute Gasteiger partial charge is 0.489 e. The van der Waals surface area contributed by atoms with Crippen LogP contribution in [0.2, 0.25) is 0 Å². The molecule has 2 N–H and O–H groups in total. The van der Waals surface area contributed by atoms with Crippen molar-refractivity contribution in [2.75, 3.05) is 43.3 Å². The third-order valence-corrected chi connectivity index (χ3v) is 5.54. The third kappa shape index (κ3) is 8.00. The Labute approximate surface area is 180 Å². The SMILES string of the molecule is COCCOc1ccc(C(F)(F)F)cc1NC(=O)CSc1nnc(NCC(C)C)s1. The van der Waals surface area contributed by atoms with Crippen LogP contribution < -0.4 is 15.4 Å². The number of rotatable bonds is 11. The lowest BCUT2D eigenvalue weighted by molar-refractivity contribution is -0.137. The van der Waals surface area contributed by atoms with E-state index >= 15 is 0 Å². The van der Waals surface area contributed by atoms with Crippen LogP contribution in [0.4, 0.5) is 24.0 Å². The number of benzene rings is 1. The normalized spacial score (nSPS) is 11.6. The van der Waals surface area contributed by atoms with Crippen LogP contribution in [0.1, 0.15) is 19.4 Å². The second-order valence-corrected chi connectivity index (χ2v) is 8.73. The molecule has 1 aromatic carbocycles. The number of carbonyl (C=O) groups is 1.